The van der Waals surface area contributed by atoms with Crippen LogP contribution in [0.2, 0.25) is 0 Å². The van der Waals surface area contributed by atoms with Crippen LogP contribution in [0.25, 0.3) is 11.0 Å². The summed E-state index contributed by atoms with van der Waals surface area (Å²) in [6.45, 7) is 2.00. The Hall–Kier alpha value is -1.81. The quantitative estimate of drug-likeness (QED) is 0.880. The molecule has 0 saturated heterocycles. The van der Waals surface area contributed by atoms with E-state index in [0.29, 0.717) is 18.1 Å². The second-order valence-corrected chi connectivity index (χ2v) is 5.48. The molecular weight excluding hydrogens is 254 g/mol. The fraction of sp³-hybridized carbons (Fsp3) is 0.438. The molecule has 1 aliphatic carbocycles. The molecule has 2 N–H and O–H groups in total. The number of nitrogens with one attached hydrogen (secondary N) is 1. The summed E-state index contributed by atoms with van der Waals surface area (Å²) in [5, 5.41) is 13.1. The molecule has 20 heavy (non-hydrogen) atoms. The van der Waals surface area contributed by atoms with Crippen LogP contribution in [0.1, 0.15) is 35.4 Å². The van der Waals surface area contributed by atoms with Crippen molar-refractivity contribution >= 4 is 16.9 Å². The summed E-state index contributed by atoms with van der Waals surface area (Å²) in [5.41, 5.74) is 1.61. The number of aliphatic hydroxyl groups excluding tert-OH is 1. The topological polar surface area (TPSA) is 62.5 Å². The van der Waals surface area contributed by atoms with Crippen LogP contribution in [0.5, 0.6) is 0 Å². The van der Waals surface area contributed by atoms with Crippen molar-refractivity contribution in [3.05, 3.63) is 35.6 Å². The van der Waals surface area contributed by atoms with Gasteiger partial charge >= 0.3 is 0 Å². The lowest BCUT2D eigenvalue weighted by atomic mass is 10.1. The zero-order valence-corrected chi connectivity index (χ0v) is 11.6. The molecule has 106 valence electrons. The Morgan fingerprint density at radius 3 is 2.85 bits per heavy atom. The van der Waals surface area contributed by atoms with E-state index in [-0.39, 0.29) is 18.6 Å². The normalized spacial score (nSPS) is 16.3. The van der Waals surface area contributed by atoms with Crippen LogP contribution < -0.4 is 5.32 Å². The molecule has 1 aliphatic rings. The van der Waals surface area contributed by atoms with Crippen molar-refractivity contribution < 1.29 is 14.3 Å². The number of hydrogen-bond acceptors (Lipinski definition) is 3. The third-order valence-electron chi connectivity index (χ3n) is 4.00. The van der Waals surface area contributed by atoms with Gasteiger partial charge in [-0.15, -0.1) is 0 Å². The number of furan rings is 1. The van der Waals surface area contributed by atoms with Crippen molar-refractivity contribution in [3.8, 4) is 0 Å². The number of carbonyl (C=O) groups is 1. The number of benzene rings is 1. The van der Waals surface area contributed by atoms with Crippen molar-refractivity contribution in [3.63, 3.8) is 0 Å². The van der Waals surface area contributed by atoms with Gasteiger partial charge in [0.2, 0.25) is 0 Å². The fourth-order valence-electron chi connectivity index (χ4n) is 2.69. The van der Waals surface area contributed by atoms with Gasteiger partial charge in [0.05, 0.1) is 0 Å². The van der Waals surface area contributed by atoms with Gasteiger partial charge in [-0.1, -0.05) is 18.2 Å². The van der Waals surface area contributed by atoms with Crippen molar-refractivity contribution in [1.29, 1.82) is 0 Å². The maximum absolute atomic E-state index is 12.4. The van der Waals surface area contributed by atoms with Gasteiger partial charge in [0, 0.05) is 23.6 Å². The minimum absolute atomic E-state index is 0.0557. The number of rotatable bonds is 5. The maximum Gasteiger partial charge on any atom is 0.287 e. The standard InChI is InChI=1S/C16H19NO3/c1-10-12-4-2-3-5-14(12)20-15(10)16(19)17-13(8-9-18)11-6-7-11/h2-5,11,13,18H,6-9H2,1H3,(H,17,19). The summed E-state index contributed by atoms with van der Waals surface area (Å²) in [5.74, 6) is 0.717. The highest BCUT2D eigenvalue weighted by Crippen LogP contribution is 2.34. The molecule has 0 radical (unpaired) electrons. The summed E-state index contributed by atoms with van der Waals surface area (Å²) in [4.78, 5) is 12.4. The van der Waals surface area contributed by atoms with Crippen molar-refractivity contribution in [2.45, 2.75) is 32.2 Å². The average Bonchev–Trinajstić information content (AvgIpc) is 3.24. The molecule has 1 amide bonds. The highest BCUT2D eigenvalue weighted by molar-refractivity contribution is 5.99. The van der Waals surface area contributed by atoms with Crippen molar-refractivity contribution in [2.24, 2.45) is 5.92 Å². The third-order valence-corrected chi connectivity index (χ3v) is 4.00. The molecule has 0 spiro atoms. The molecule has 0 bridgehead atoms. The second kappa shape index (κ2) is 5.29. The van der Waals surface area contributed by atoms with E-state index in [9.17, 15) is 4.79 Å². The predicted octanol–water partition coefficient (Wildman–Crippen LogP) is 2.63. The monoisotopic (exact) mass is 273 g/mol. The molecule has 2 aromatic rings. The summed E-state index contributed by atoms with van der Waals surface area (Å²) in [7, 11) is 0. The fourth-order valence-corrected chi connectivity index (χ4v) is 2.69. The molecule has 1 saturated carbocycles. The molecule has 4 heteroatoms. The number of amides is 1. The van der Waals surface area contributed by atoms with E-state index in [1.54, 1.807) is 0 Å². The molecule has 0 aliphatic heterocycles. The Labute approximate surface area is 117 Å². The number of para-hydroxylation sites is 1. The zero-order chi connectivity index (χ0) is 14.1. The number of hydrogen-bond donors (Lipinski definition) is 2. The lowest BCUT2D eigenvalue weighted by Crippen LogP contribution is -2.37. The van der Waals surface area contributed by atoms with Crippen LogP contribution in [0.4, 0.5) is 0 Å². The molecule has 4 nitrogen and oxygen atoms in total. The second-order valence-electron chi connectivity index (χ2n) is 5.48. The van der Waals surface area contributed by atoms with Crippen LogP contribution in [0.3, 0.4) is 0 Å². The minimum Gasteiger partial charge on any atom is -0.451 e. The van der Waals surface area contributed by atoms with Crippen LogP contribution in [-0.4, -0.2) is 23.7 Å². The van der Waals surface area contributed by atoms with Gasteiger partial charge in [-0.2, -0.15) is 0 Å². The molecule has 1 aromatic carbocycles. The number of aryl methyl sites for hydroxylation is 1. The first kappa shape index (κ1) is 13.2. The van der Waals surface area contributed by atoms with E-state index in [1.165, 1.54) is 0 Å². The highest BCUT2D eigenvalue weighted by Gasteiger charge is 2.32. The average molecular weight is 273 g/mol. The Morgan fingerprint density at radius 1 is 1.45 bits per heavy atom. The first-order chi connectivity index (χ1) is 9.70. The van der Waals surface area contributed by atoms with E-state index in [1.807, 2.05) is 31.2 Å². The Kier molecular flexibility index (Phi) is 3.49. The zero-order valence-electron chi connectivity index (χ0n) is 11.6. The van der Waals surface area contributed by atoms with E-state index in [0.717, 1.165) is 29.4 Å². The lowest BCUT2D eigenvalue weighted by Gasteiger charge is -2.16. The summed E-state index contributed by atoms with van der Waals surface area (Å²) < 4.78 is 5.67. The molecular formula is C16H19NO3. The van der Waals surface area contributed by atoms with Gasteiger partial charge in [0.15, 0.2) is 5.76 Å². The van der Waals surface area contributed by atoms with Gasteiger partial charge in [-0.3, -0.25) is 4.79 Å². The lowest BCUT2D eigenvalue weighted by molar-refractivity contribution is 0.0897. The Bertz CT molecular complexity index is 628. The number of fused-ring (bicyclic) bond motifs is 1. The predicted molar refractivity (Wildman–Crippen MR) is 76.6 cm³/mol. The third kappa shape index (κ3) is 2.43. The maximum atomic E-state index is 12.4. The van der Waals surface area contributed by atoms with Gasteiger partial charge in [0.1, 0.15) is 5.58 Å². The van der Waals surface area contributed by atoms with Crippen LogP contribution in [0, 0.1) is 12.8 Å². The highest BCUT2D eigenvalue weighted by atomic mass is 16.3. The molecule has 1 unspecified atom stereocenters. The molecule has 3 rings (SSSR count). The van der Waals surface area contributed by atoms with E-state index in [2.05, 4.69) is 5.32 Å². The summed E-state index contributed by atoms with van der Waals surface area (Å²) in [6, 6.07) is 7.71. The smallest absolute Gasteiger partial charge is 0.287 e. The van der Waals surface area contributed by atoms with E-state index in [4.69, 9.17) is 9.52 Å². The summed E-state index contributed by atoms with van der Waals surface area (Å²) >= 11 is 0. The Morgan fingerprint density at radius 2 is 2.20 bits per heavy atom. The van der Waals surface area contributed by atoms with Crippen LogP contribution in [-0.2, 0) is 0 Å². The first-order valence-corrected chi connectivity index (χ1v) is 7.10. The molecule has 1 fully saturated rings. The minimum atomic E-state index is -0.177. The van der Waals surface area contributed by atoms with Crippen LogP contribution in [0.15, 0.2) is 28.7 Å². The SMILES string of the molecule is Cc1c(C(=O)NC(CCO)C2CC2)oc2ccccc12. The van der Waals surface area contributed by atoms with Crippen molar-refractivity contribution in [1.82, 2.24) is 5.32 Å². The number of aliphatic hydroxyl groups is 1. The molecule has 1 heterocycles. The summed E-state index contributed by atoms with van der Waals surface area (Å²) in [6.07, 6.45) is 2.86. The van der Waals surface area contributed by atoms with Gasteiger partial charge < -0.3 is 14.8 Å². The molecule has 1 atom stereocenters. The van der Waals surface area contributed by atoms with E-state index >= 15 is 0 Å². The Balaban J connectivity index is 1.82. The van der Waals surface area contributed by atoms with E-state index < -0.39 is 0 Å². The van der Waals surface area contributed by atoms with Crippen molar-refractivity contribution in [2.75, 3.05) is 6.61 Å². The molecule has 1 aromatic heterocycles. The van der Waals surface area contributed by atoms with Crippen LogP contribution >= 0.6 is 0 Å². The number of carbonyl (C=O) groups excluding carboxylic acids is 1. The largest absolute Gasteiger partial charge is 0.451 e. The first-order valence-electron chi connectivity index (χ1n) is 7.10. The van der Waals surface area contributed by atoms with Gasteiger partial charge in [-0.25, -0.2) is 0 Å². The van der Waals surface area contributed by atoms with Gasteiger partial charge in [0.25, 0.3) is 5.91 Å². The van der Waals surface area contributed by atoms with Gasteiger partial charge in [-0.05, 0) is 38.2 Å².